The van der Waals surface area contributed by atoms with Gasteiger partial charge in [-0.25, -0.2) is 4.57 Å². The minimum atomic E-state index is -0.500. The second-order valence-electron chi connectivity index (χ2n) is 4.68. The lowest BCUT2D eigenvalue weighted by molar-refractivity contribution is -0.396. The van der Waals surface area contributed by atoms with Gasteiger partial charge in [-0.2, -0.15) is 5.10 Å². The van der Waals surface area contributed by atoms with Gasteiger partial charge in [0.2, 0.25) is 0 Å². The lowest BCUT2D eigenvalue weighted by Gasteiger charge is -2.27. The lowest BCUT2D eigenvalue weighted by atomic mass is 10.0. The zero-order valence-corrected chi connectivity index (χ0v) is 10.6. The lowest BCUT2D eigenvalue weighted by Crippen LogP contribution is -2.28. The molecule has 0 saturated carbocycles. The van der Waals surface area contributed by atoms with Crippen molar-refractivity contribution < 1.29 is 4.92 Å². The van der Waals surface area contributed by atoms with Crippen LogP contribution in [-0.2, 0) is 7.05 Å². The molecule has 2 heterocycles. The second-order valence-corrected chi connectivity index (χ2v) is 4.68. The molecule has 7 heteroatoms. The smallest absolute Gasteiger partial charge is 0.390 e. The Morgan fingerprint density at radius 3 is 2.78 bits per heavy atom. The van der Waals surface area contributed by atoms with E-state index in [0.29, 0.717) is 5.69 Å². The molecule has 1 aromatic heterocycles. The van der Waals surface area contributed by atoms with Crippen LogP contribution in [-0.4, -0.2) is 38.8 Å². The Morgan fingerprint density at radius 1 is 1.56 bits per heavy atom. The van der Waals surface area contributed by atoms with Crippen LogP contribution in [0.1, 0.15) is 25.5 Å². The summed E-state index contributed by atoms with van der Waals surface area (Å²) >= 11 is 0. The predicted octanol–water partition coefficient (Wildman–Crippen LogP) is 1.39. The largest absolute Gasteiger partial charge is 0.434 e. The molecule has 98 valence electrons. The fourth-order valence-electron chi connectivity index (χ4n) is 1.95. The minimum absolute atomic E-state index is 0.163. The summed E-state index contributed by atoms with van der Waals surface area (Å²) < 4.78 is 1.43. The summed E-state index contributed by atoms with van der Waals surface area (Å²) in [5.41, 5.74) is 0.639. The summed E-state index contributed by atoms with van der Waals surface area (Å²) in [5, 5.41) is 17.0. The van der Waals surface area contributed by atoms with Crippen molar-refractivity contribution in [2.75, 3.05) is 13.1 Å². The Bertz CT molecular complexity index is 460. The van der Waals surface area contributed by atoms with Crippen LogP contribution in [0.3, 0.4) is 0 Å². The van der Waals surface area contributed by atoms with E-state index < -0.39 is 4.92 Å². The molecule has 18 heavy (non-hydrogen) atoms. The molecular formula is C11H17N5O2. The molecule has 0 N–H and O–H groups in total. The van der Waals surface area contributed by atoms with Gasteiger partial charge in [-0.3, -0.25) is 5.01 Å². The monoisotopic (exact) mass is 251 g/mol. The number of aromatic nitrogens is 2. The molecule has 0 atom stereocenters. The summed E-state index contributed by atoms with van der Waals surface area (Å²) in [4.78, 5) is 13.9. The van der Waals surface area contributed by atoms with E-state index in [0.717, 1.165) is 31.8 Å². The van der Waals surface area contributed by atoms with Gasteiger partial charge in [0.05, 0.1) is 13.3 Å². The van der Waals surface area contributed by atoms with Crippen LogP contribution >= 0.6 is 0 Å². The molecule has 7 nitrogen and oxygen atoms in total. The van der Waals surface area contributed by atoms with Crippen molar-refractivity contribution in [1.82, 2.24) is 14.6 Å². The third-order valence-electron chi connectivity index (χ3n) is 3.28. The first-order valence-corrected chi connectivity index (χ1v) is 6.03. The van der Waals surface area contributed by atoms with E-state index in [4.69, 9.17) is 0 Å². The van der Waals surface area contributed by atoms with Gasteiger partial charge in [-0.05, 0) is 23.7 Å². The molecule has 0 amide bonds. The molecule has 0 spiro atoms. The topological polar surface area (TPSA) is 76.6 Å². The number of rotatable bonds is 3. The average Bonchev–Trinajstić information content (AvgIpc) is 2.70. The SMILES string of the molecule is CC1CCN(N=Cc2cnc([N+](=O)[O-])n2C)CC1. The van der Waals surface area contributed by atoms with E-state index in [1.807, 2.05) is 5.01 Å². The first-order chi connectivity index (χ1) is 8.58. The first kappa shape index (κ1) is 12.5. The van der Waals surface area contributed by atoms with Crippen molar-refractivity contribution in [1.29, 1.82) is 0 Å². The number of hydrogen-bond donors (Lipinski definition) is 0. The van der Waals surface area contributed by atoms with Crippen molar-refractivity contribution in [3.63, 3.8) is 0 Å². The van der Waals surface area contributed by atoms with Crippen molar-refractivity contribution in [3.8, 4) is 0 Å². The molecule has 0 aliphatic carbocycles. The van der Waals surface area contributed by atoms with E-state index in [2.05, 4.69) is 17.0 Å². The molecular weight excluding hydrogens is 234 g/mol. The van der Waals surface area contributed by atoms with Crippen molar-refractivity contribution in [2.24, 2.45) is 18.1 Å². The average molecular weight is 251 g/mol. The first-order valence-electron chi connectivity index (χ1n) is 6.03. The number of hydrazone groups is 1. The predicted molar refractivity (Wildman–Crippen MR) is 67.4 cm³/mol. The van der Waals surface area contributed by atoms with Crippen LogP contribution in [0.15, 0.2) is 11.3 Å². The maximum Gasteiger partial charge on any atom is 0.434 e. The molecule has 1 saturated heterocycles. The van der Waals surface area contributed by atoms with Gasteiger partial charge in [-0.15, -0.1) is 0 Å². The molecule has 0 aromatic carbocycles. The van der Waals surface area contributed by atoms with Gasteiger partial charge in [0.25, 0.3) is 0 Å². The molecule has 1 fully saturated rings. The van der Waals surface area contributed by atoms with E-state index in [1.165, 1.54) is 10.8 Å². The van der Waals surface area contributed by atoms with Crippen LogP contribution in [0.25, 0.3) is 0 Å². The highest BCUT2D eigenvalue weighted by molar-refractivity contribution is 5.77. The molecule has 1 aliphatic rings. The van der Waals surface area contributed by atoms with Gasteiger partial charge < -0.3 is 10.1 Å². The Hall–Kier alpha value is -1.92. The van der Waals surface area contributed by atoms with Crippen LogP contribution < -0.4 is 0 Å². The maximum atomic E-state index is 10.6. The zero-order valence-electron chi connectivity index (χ0n) is 10.6. The summed E-state index contributed by atoms with van der Waals surface area (Å²) in [6.07, 6.45) is 5.38. The van der Waals surface area contributed by atoms with Crippen LogP contribution in [0.4, 0.5) is 5.95 Å². The number of piperidine rings is 1. The van der Waals surface area contributed by atoms with Gasteiger partial charge in [-0.1, -0.05) is 11.9 Å². The Labute approximate surface area is 105 Å². The Morgan fingerprint density at radius 2 is 2.22 bits per heavy atom. The molecule has 0 bridgehead atoms. The molecule has 0 radical (unpaired) electrons. The molecule has 2 rings (SSSR count). The normalized spacial score (nSPS) is 17.6. The number of imidazole rings is 1. The third kappa shape index (κ3) is 2.66. The van der Waals surface area contributed by atoms with E-state index in [-0.39, 0.29) is 5.95 Å². The van der Waals surface area contributed by atoms with Crippen LogP contribution in [0.2, 0.25) is 0 Å². The Balaban J connectivity index is 2.03. The summed E-state index contributed by atoms with van der Waals surface area (Å²) in [6, 6.07) is 0. The Kier molecular flexibility index (Phi) is 3.59. The van der Waals surface area contributed by atoms with E-state index in [9.17, 15) is 10.1 Å². The van der Waals surface area contributed by atoms with Crippen molar-refractivity contribution >= 4 is 12.2 Å². The maximum absolute atomic E-state index is 10.6. The van der Waals surface area contributed by atoms with Gasteiger partial charge >= 0.3 is 5.95 Å². The number of nitrogens with zero attached hydrogens (tertiary/aromatic N) is 5. The van der Waals surface area contributed by atoms with Crippen molar-refractivity contribution in [2.45, 2.75) is 19.8 Å². The highest BCUT2D eigenvalue weighted by Crippen LogP contribution is 2.16. The highest BCUT2D eigenvalue weighted by atomic mass is 16.6. The van der Waals surface area contributed by atoms with Crippen molar-refractivity contribution in [3.05, 3.63) is 22.0 Å². The minimum Gasteiger partial charge on any atom is -0.390 e. The molecule has 1 aromatic rings. The van der Waals surface area contributed by atoms with E-state index in [1.54, 1.807) is 13.3 Å². The summed E-state index contributed by atoms with van der Waals surface area (Å²) in [6.45, 7) is 4.13. The fourth-order valence-corrected chi connectivity index (χ4v) is 1.95. The number of hydrogen-bond acceptors (Lipinski definition) is 5. The van der Waals surface area contributed by atoms with Crippen LogP contribution in [0, 0.1) is 16.0 Å². The van der Waals surface area contributed by atoms with Gasteiger partial charge in [0.1, 0.15) is 6.20 Å². The summed E-state index contributed by atoms with van der Waals surface area (Å²) in [5.74, 6) is 0.595. The highest BCUT2D eigenvalue weighted by Gasteiger charge is 2.17. The molecule has 1 aliphatic heterocycles. The van der Waals surface area contributed by atoms with Gasteiger partial charge in [0, 0.05) is 13.1 Å². The summed E-state index contributed by atoms with van der Waals surface area (Å²) in [7, 11) is 1.62. The molecule has 0 unspecified atom stereocenters. The second kappa shape index (κ2) is 5.16. The fraction of sp³-hybridized carbons (Fsp3) is 0.636. The quantitative estimate of drug-likeness (QED) is 0.462. The number of nitro groups is 1. The van der Waals surface area contributed by atoms with Gasteiger partial charge in [0.15, 0.2) is 5.69 Å². The standard InChI is InChI=1S/C11H17N5O2/c1-9-3-5-15(6-4-9)13-8-10-7-12-11(14(10)2)16(17)18/h7-9H,3-6H2,1-2H3. The van der Waals surface area contributed by atoms with Crippen LogP contribution in [0.5, 0.6) is 0 Å². The zero-order chi connectivity index (χ0) is 13.1. The third-order valence-corrected chi connectivity index (χ3v) is 3.28. The van der Waals surface area contributed by atoms with E-state index >= 15 is 0 Å².